The molecule has 2 unspecified atom stereocenters. The molecule has 1 aromatic rings. The van der Waals surface area contributed by atoms with E-state index in [0.29, 0.717) is 23.1 Å². The molecule has 1 fully saturated rings. The van der Waals surface area contributed by atoms with Gasteiger partial charge in [0.05, 0.1) is 6.10 Å². The zero-order valence-corrected chi connectivity index (χ0v) is 11.2. The molecule has 0 aromatic carbocycles. The van der Waals surface area contributed by atoms with Crippen LogP contribution in [0.4, 0.5) is 5.82 Å². The zero-order chi connectivity index (χ0) is 12.4. The second-order valence-electron chi connectivity index (χ2n) is 4.55. The third-order valence-corrected chi connectivity index (χ3v) is 3.62. The van der Waals surface area contributed by atoms with Gasteiger partial charge < -0.3 is 10.1 Å². The van der Waals surface area contributed by atoms with E-state index in [2.05, 4.69) is 15.3 Å². The lowest BCUT2D eigenvalue weighted by atomic mass is 10.2. The van der Waals surface area contributed by atoms with E-state index in [-0.39, 0.29) is 0 Å². The highest BCUT2D eigenvalue weighted by molar-refractivity contribution is 6.30. The number of methoxy groups -OCH3 is 1. The first-order valence-corrected chi connectivity index (χ1v) is 6.28. The fourth-order valence-corrected chi connectivity index (χ4v) is 2.43. The van der Waals surface area contributed by atoms with Crippen LogP contribution in [0, 0.1) is 13.8 Å². The molecular formula is C12H18ClN3O. The molecule has 0 spiro atoms. The molecule has 0 saturated heterocycles. The zero-order valence-electron chi connectivity index (χ0n) is 10.5. The van der Waals surface area contributed by atoms with Crippen LogP contribution in [0.15, 0.2) is 0 Å². The molecule has 0 bridgehead atoms. The molecule has 1 aliphatic rings. The largest absolute Gasteiger partial charge is 0.381 e. The summed E-state index contributed by atoms with van der Waals surface area (Å²) in [6, 6.07) is 0.420. The lowest BCUT2D eigenvalue weighted by Gasteiger charge is -2.16. The molecule has 2 rings (SSSR count). The van der Waals surface area contributed by atoms with Gasteiger partial charge in [-0.05, 0) is 33.1 Å². The van der Waals surface area contributed by atoms with E-state index in [0.717, 1.165) is 30.6 Å². The summed E-state index contributed by atoms with van der Waals surface area (Å²) in [4.78, 5) is 8.53. The number of hydrogen-bond donors (Lipinski definition) is 1. The van der Waals surface area contributed by atoms with Crippen LogP contribution in [0.25, 0.3) is 0 Å². The third-order valence-electron chi connectivity index (χ3n) is 3.26. The van der Waals surface area contributed by atoms with Crippen molar-refractivity contribution in [2.24, 2.45) is 0 Å². The molecule has 1 aromatic heterocycles. The summed E-state index contributed by atoms with van der Waals surface area (Å²) >= 11 is 6.04. The predicted octanol–water partition coefficient (Wildman–Crippen LogP) is 2.73. The number of hydrogen-bond acceptors (Lipinski definition) is 4. The summed E-state index contributed by atoms with van der Waals surface area (Å²) < 4.78 is 5.36. The van der Waals surface area contributed by atoms with Crippen molar-refractivity contribution in [3.05, 3.63) is 16.5 Å². The fourth-order valence-electron chi connectivity index (χ4n) is 2.21. The average molecular weight is 256 g/mol. The molecule has 17 heavy (non-hydrogen) atoms. The topological polar surface area (TPSA) is 47.0 Å². The Balaban J connectivity index is 2.09. The normalized spacial score (nSPS) is 24.0. The monoisotopic (exact) mass is 255 g/mol. The summed E-state index contributed by atoms with van der Waals surface area (Å²) in [5.41, 5.74) is 0.915. The van der Waals surface area contributed by atoms with Crippen LogP contribution in [0.5, 0.6) is 0 Å². The highest BCUT2D eigenvalue weighted by Gasteiger charge is 2.25. The Morgan fingerprint density at radius 2 is 2.06 bits per heavy atom. The molecule has 0 radical (unpaired) electrons. The summed E-state index contributed by atoms with van der Waals surface area (Å²) in [7, 11) is 1.77. The van der Waals surface area contributed by atoms with Gasteiger partial charge in [-0.2, -0.15) is 0 Å². The van der Waals surface area contributed by atoms with Gasteiger partial charge in [-0.1, -0.05) is 11.6 Å². The van der Waals surface area contributed by atoms with Gasteiger partial charge in [0.15, 0.2) is 0 Å². The van der Waals surface area contributed by atoms with Gasteiger partial charge in [-0.25, -0.2) is 9.97 Å². The Labute approximate surface area is 107 Å². The predicted molar refractivity (Wildman–Crippen MR) is 68.6 cm³/mol. The number of ether oxygens (including phenoxy) is 1. The highest BCUT2D eigenvalue weighted by atomic mass is 35.5. The second-order valence-corrected chi connectivity index (χ2v) is 4.91. The highest BCUT2D eigenvalue weighted by Crippen LogP contribution is 2.27. The number of nitrogens with one attached hydrogen (secondary N) is 1. The minimum absolute atomic E-state index is 0.367. The van der Waals surface area contributed by atoms with Crippen LogP contribution < -0.4 is 5.32 Å². The smallest absolute Gasteiger partial charge is 0.137 e. The number of aryl methyl sites for hydroxylation is 1. The molecule has 5 heteroatoms. The Morgan fingerprint density at radius 3 is 2.71 bits per heavy atom. The lowest BCUT2D eigenvalue weighted by Crippen LogP contribution is -2.19. The molecule has 0 aliphatic heterocycles. The maximum absolute atomic E-state index is 6.04. The maximum atomic E-state index is 6.04. The van der Waals surface area contributed by atoms with Crippen LogP contribution in [0.2, 0.25) is 5.15 Å². The molecule has 4 nitrogen and oxygen atoms in total. The van der Waals surface area contributed by atoms with E-state index in [1.807, 2.05) is 13.8 Å². The standard InChI is InChI=1S/C12H18ClN3O/c1-7-11(13)14-8(2)15-12(7)16-9-4-5-10(6-9)17-3/h9-10H,4-6H2,1-3H3,(H,14,15,16). The van der Waals surface area contributed by atoms with Crippen molar-refractivity contribution in [1.82, 2.24) is 9.97 Å². The second kappa shape index (κ2) is 5.19. The fraction of sp³-hybridized carbons (Fsp3) is 0.667. The van der Waals surface area contributed by atoms with Gasteiger partial charge in [0.25, 0.3) is 0 Å². The average Bonchev–Trinajstić information content (AvgIpc) is 2.73. The summed E-state index contributed by atoms with van der Waals surface area (Å²) in [5, 5.41) is 3.97. The van der Waals surface area contributed by atoms with E-state index in [9.17, 15) is 0 Å². The van der Waals surface area contributed by atoms with Crippen molar-refractivity contribution in [3.8, 4) is 0 Å². The van der Waals surface area contributed by atoms with E-state index in [1.165, 1.54) is 0 Å². The Kier molecular flexibility index (Phi) is 3.84. The van der Waals surface area contributed by atoms with Gasteiger partial charge in [-0.15, -0.1) is 0 Å². The van der Waals surface area contributed by atoms with Crippen molar-refractivity contribution in [2.45, 2.75) is 45.3 Å². The Hall–Kier alpha value is -0.870. The molecule has 0 amide bonds. The first-order chi connectivity index (χ1) is 8.10. The van der Waals surface area contributed by atoms with Crippen LogP contribution in [0.1, 0.15) is 30.7 Å². The van der Waals surface area contributed by atoms with Crippen molar-refractivity contribution in [2.75, 3.05) is 12.4 Å². The first-order valence-electron chi connectivity index (χ1n) is 5.90. The molecule has 1 heterocycles. The van der Waals surface area contributed by atoms with Crippen LogP contribution in [-0.4, -0.2) is 29.2 Å². The SMILES string of the molecule is COC1CCC(Nc2nc(C)nc(Cl)c2C)C1. The number of halogens is 1. The van der Waals surface area contributed by atoms with E-state index >= 15 is 0 Å². The third kappa shape index (κ3) is 2.87. The number of rotatable bonds is 3. The van der Waals surface area contributed by atoms with Gasteiger partial charge in [0, 0.05) is 18.7 Å². The van der Waals surface area contributed by atoms with E-state index in [1.54, 1.807) is 7.11 Å². The maximum Gasteiger partial charge on any atom is 0.137 e. The number of nitrogens with zero attached hydrogens (tertiary/aromatic N) is 2. The summed E-state index contributed by atoms with van der Waals surface area (Å²) in [5.74, 6) is 1.55. The molecule has 94 valence electrons. The number of anilines is 1. The van der Waals surface area contributed by atoms with Crippen LogP contribution in [0.3, 0.4) is 0 Å². The lowest BCUT2D eigenvalue weighted by molar-refractivity contribution is 0.108. The van der Waals surface area contributed by atoms with Crippen LogP contribution in [-0.2, 0) is 4.74 Å². The van der Waals surface area contributed by atoms with Gasteiger partial charge in [0.2, 0.25) is 0 Å². The van der Waals surface area contributed by atoms with Crippen molar-refractivity contribution in [3.63, 3.8) is 0 Å². The van der Waals surface area contributed by atoms with Gasteiger partial charge >= 0.3 is 0 Å². The Morgan fingerprint density at radius 1 is 1.29 bits per heavy atom. The molecule has 1 aliphatic carbocycles. The van der Waals surface area contributed by atoms with Gasteiger partial charge in [0.1, 0.15) is 16.8 Å². The minimum Gasteiger partial charge on any atom is -0.381 e. The summed E-state index contributed by atoms with van der Waals surface area (Å²) in [6.07, 6.45) is 3.60. The Bertz CT molecular complexity index is 411. The summed E-state index contributed by atoms with van der Waals surface area (Å²) in [6.45, 7) is 3.79. The van der Waals surface area contributed by atoms with Crippen LogP contribution >= 0.6 is 11.6 Å². The van der Waals surface area contributed by atoms with E-state index < -0.39 is 0 Å². The molecule has 1 N–H and O–H groups in total. The molecular weight excluding hydrogens is 238 g/mol. The van der Waals surface area contributed by atoms with Crippen molar-refractivity contribution in [1.29, 1.82) is 0 Å². The first kappa shape index (κ1) is 12.6. The van der Waals surface area contributed by atoms with Gasteiger partial charge in [-0.3, -0.25) is 0 Å². The minimum atomic E-state index is 0.367. The van der Waals surface area contributed by atoms with Crippen molar-refractivity contribution >= 4 is 17.4 Å². The quantitative estimate of drug-likeness (QED) is 0.844. The molecule has 2 atom stereocenters. The van der Waals surface area contributed by atoms with E-state index in [4.69, 9.17) is 16.3 Å². The number of aromatic nitrogens is 2. The van der Waals surface area contributed by atoms with Crippen molar-refractivity contribution < 1.29 is 4.74 Å². The molecule has 1 saturated carbocycles.